The maximum Gasteiger partial charge on any atom is 0.271 e. The van der Waals surface area contributed by atoms with E-state index in [0.29, 0.717) is 28.1 Å². The molecular weight excluding hydrogens is 418 g/mol. The van der Waals surface area contributed by atoms with Crippen LogP contribution in [0.1, 0.15) is 29.3 Å². The number of benzene rings is 2. The lowest BCUT2D eigenvalue weighted by molar-refractivity contribution is -0.384. The SMILES string of the molecule is CCCOc1cc(Br)c(/C=N/NC(=O)c2cccc([N+](=O)[O-])c2)cc1OC. The first-order chi connectivity index (χ1) is 13.0. The molecule has 0 radical (unpaired) electrons. The predicted molar refractivity (Wildman–Crippen MR) is 105 cm³/mol. The van der Waals surface area contributed by atoms with Crippen molar-refractivity contribution < 1.29 is 19.2 Å². The van der Waals surface area contributed by atoms with Gasteiger partial charge < -0.3 is 9.47 Å². The summed E-state index contributed by atoms with van der Waals surface area (Å²) in [6.07, 6.45) is 2.30. The second kappa shape index (κ2) is 9.67. The molecule has 1 amide bonds. The van der Waals surface area contributed by atoms with Crippen molar-refractivity contribution in [3.63, 3.8) is 0 Å². The molecule has 8 nitrogen and oxygen atoms in total. The summed E-state index contributed by atoms with van der Waals surface area (Å²) >= 11 is 3.43. The molecule has 0 aliphatic heterocycles. The highest BCUT2D eigenvalue weighted by molar-refractivity contribution is 9.10. The van der Waals surface area contributed by atoms with E-state index in [2.05, 4.69) is 26.5 Å². The molecule has 0 aromatic heterocycles. The number of hydrogen-bond acceptors (Lipinski definition) is 6. The number of nitrogens with one attached hydrogen (secondary N) is 1. The largest absolute Gasteiger partial charge is 0.493 e. The number of hydrogen-bond donors (Lipinski definition) is 1. The Balaban J connectivity index is 2.12. The minimum absolute atomic E-state index is 0.140. The molecule has 0 saturated carbocycles. The van der Waals surface area contributed by atoms with Crippen molar-refractivity contribution in [1.29, 1.82) is 0 Å². The highest BCUT2D eigenvalue weighted by Crippen LogP contribution is 2.33. The zero-order valence-corrected chi connectivity index (χ0v) is 16.4. The molecular formula is C18H18BrN3O5. The van der Waals surface area contributed by atoms with Crippen molar-refractivity contribution in [2.45, 2.75) is 13.3 Å². The number of nitro benzene ring substituents is 1. The number of carbonyl (C=O) groups excluding carboxylic acids is 1. The van der Waals surface area contributed by atoms with Gasteiger partial charge in [-0.25, -0.2) is 5.43 Å². The molecule has 2 aromatic rings. The van der Waals surface area contributed by atoms with Crippen LogP contribution in [0, 0.1) is 10.1 Å². The van der Waals surface area contributed by atoms with Crippen molar-refractivity contribution in [3.8, 4) is 11.5 Å². The predicted octanol–water partition coefficient (Wildman–Crippen LogP) is 3.92. The number of rotatable bonds is 8. The maximum atomic E-state index is 12.1. The number of non-ortho nitro benzene ring substituents is 1. The standard InChI is InChI=1S/C18H18BrN3O5/c1-3-7-27-17-10-15(19)13(9-16(17)26-2)11-20-21-18(23)12-5-4-6-14(8-12)22(24)25/h4-6,8-11H,3,7H2,1-2H3,(H,21,23)/b20-11+. The van der Waals surface area contributed by atoms with Gasteiger partial charge in [-0.3, -0.25) is 14.9 Å². The Morgan fingerprint density at radius 3 is 2.78 bits per heavy atom. The fraction of sp³-hybridized carbons (Fsp3) is 0.222. The van der Waals surface area contributed by atoms with Gasteiger partial charge in [0.2, 0.25) is 0 Å². The molecule has 27 heavy (non-hydrogen) atoms. The lowest BCUT2D eigenvalue weighted by atomic mass is 10.2. The second-order valence-corrected chi connectivity index (χ2v) is 6.23. The summed E-state index contributed by atoms with van der Waals surface area (Å²) < 4.78 is 11.6. The summed E-state index contributed by atoms with van der Waals surface area (Å²) in [7, 11) is 1.53. The van der Waals surface area contributed by atoms with Crippen molar-refractivity contribution in [1.82, 2.24) is 5.43 Å². The topological polar surface area (TPSA) is 103 Å². The summed E-state index contributed by atoms with van der Waals surface area (Å²) in [6.45, 7) is 2.57. The van der Waals surface area contributed by atoms with Crippen LogP contribution >= 0.6 is 15.9 Å². The van der Waals surface area contributed by atoms with Crippen LogP contribution in [0.25, 0.3) is 0 Å². The third-order valence-electron chi connectivity index (χ3n) is 3.43. The van der Waals surface area contributed by atoms with Crippen LogP contribution in [0.15, 0.2) is 46.0 Å². The highest BCUT2D eigenvalue weighted by atomic mass is 79.9. The zero-order chi connectivity index (χ0) is 19.8. The second-order valence-electron chi connectivity index (χ2n) is 5.38. The van der Waals surface area contributed by atoms with Gasteiger partial charge in [0.1, 0.15) is 0 Å². The Kier molecular flexibility index (Phi) is 7.30. The van der Waals surface area contributed by atoms with Gasteiger partial charge in [0.05, 0.1) is 24.9 Å². The summed E-state index contributed by atoms with van der Waals surface area (Å²) in [6, 6.07) is 8.88. The van der Waals surface area contributed by atoms with Crippen LogP contribution in [-0.4, -0.2) is 30.8 Å². The minimum Gasteiger partial charge on any atom is -0.493 e. The molecule has 9 heteroatoms. The molecule has 2 aromatic carbocycles. The van der Waals surface area contributed by atoms with Crippen LogP contribution in [0.3, 0.4) is 0 Å². The van der Waals surface area contributed by atoms with Crippen LogP contribution in [0.4, 0.5) is 5.69 Å². The van der Waals surface area contributed by atoms with Crippen LogP contribution in [-0.2, 0) is 0 Å². The van der Waals surface area contributed by atoms with Crippen molar-refractivity contribution in [3.05, 3.63) is 62.1 Å². The Bertz CT molecular complexity index is 870. The summed E-state index contributed by atoms with van der Waals surface area (Å²) in [5.41, 5.74) is 2.98. The number of amides is 1. The summed E-state index contributed by atoms with van der Waals surface area (Å²) in [4.78, 5) is 22.3. The zero-order valence-electron chi connectivity index (χ0n) is 14.8. The van der Waals surface area contributed by atoms with E-state index in [1.165, 1.54) is 37.6 Å². The molecule has 2 rings (SSSR count). The van der Waals surface area contributed by atoms with E-state index in [1.807, 2.05) is 6.92 Å². The quantitative estimate of drug-likeness (QED) is 0.384. The normalized spacial score (nSPS) is 10.6. The van der Waals surface area contributed by atoms with Gasteiger partial charge in [0.15, 0.2) is 11.5 Å². The van der Waals surface area contributed by atoms with Gasteiger partial charge in [-0.1, -0.05) is 13.0 Å². The van der Waals surface area contributed by atoms with E-state index in [9.17, 15) is 14.9 Å². The van der Waals surface area contributed by atoms with E-state index in [4.69, 9.17) is 9.47 Å². The number of ether oxygens (including phenoxy) is 2. The van der Waals surface area contributed by atoms with Crippen LogP contribution in [0.2, 0.25) is 0 Å². The summed E-state index contributed by atoms with van der Waals surface area (Å²) in [5.74, 6) is 0.586. The first-order valence-corrected chi connectivity index (χ1v) is 8.83. The lowest BCUT2D eigenvalue weighted by Gasteiger charge is -2.12. The molecule has 0 bridgehead atoms. The number of methoxy groups -OCH3 is 1. The monoisotopic (exact) mass is 435 g/mol. The van der Waals surface area contributed by atoms with Crippen LogP contribution in [0.5, 0.6) is 11.5 Å². The number of hydrazone groups is 1. The van der Waals surface area contributed by atoms with Crippen molar-refractivity contribution in [2.75, 3.05) is 13.7 Å². The molecule has 0 heterocycles. The number of nitrogens with zero attached hydrogens (tertiary/aromatic N) is 2. The maximum absolute atomic E-state index is 12.1. The molecule has 0 unspecified atom stereocenters. The smallest absolute Gasteiger partial charge is 0.271 e. The van der Waals surface area contributed by atoms with Crippen LogP contribution < -0.4 is 14.9 Å². The van der Waals surface area contributed by atoms with Gasteiger partial charge >= 0.3 is 0 Å². The van der Waals surface area contributed by atoms with Gasteiger partial charge in [-0.2, -0.15) is 5.10 Å². The number of nitro groups is 1. The Morgan fingerprint density at radius 1 is 1.33 bits per heavy atom. The first kappa shape index (κ1) is 20.4. The van der Waals surface area contributed by atoms with E-state index in [-0.39, 0.29) is 11.3 Å². The van der Waals surface area contributed by atoms with E-state index in [1.54, 1.807) is 12.1 Å². The number of carbonyl (C=O) groups is 1. The fourth-order valence-corrected chi connectivity index (χ4v) is 2.54. The van der Waals surface area contributed by atoms with E-state index in [0.717, 1.165) is 6.42 Å². The summed E-state index contributed by atoms with van der Waals surface area (Å²) in [5, 5.41) is 14.7. The first-order valence-electron chi connectivity index (χ1n) is 8.04. The Hall–Kier alpha value is -2.94. The van der Waals surface area contributed by atoms with Gasteiger partial charge in [-0.15, -0.1) is 0 Å². The molecule has 142 valence electrons. The molecule has 0 fully saturated rings. The molecule has 1 N–H and O–H groups in total. The van der Waals surface area contributed by atoms with Gasteiger partial charge in [-0.05, 0) is 40.5 Å². The Morgan fingerprint density at radius 2 is 2.11 bits per heavy atom. The highest BCUT2D eigenvalue weighted by Gasteiger charge is 2.12. The van der Waals surface area contributed by atoms with Gasteiger partial charge in [0.25, 0.3) is 11.6 Å². The third-order valence-corrected chi connectivity index (χ3v) is 4.12. The number of halogens is 1. The minimum atomic E-state index is -0.564. The molecule has 0 atom stereocenters. The molecule has 0 spiro atoms. The average molecular weight is 436 g/mol. The van der Waals surface area contributed by atoms with E-state index >= 15 is 0 Å². The van der Waals surface area contributed by atoms with Gasteiger partial charge in [0, 0.05) is 27.7 Å². The Labute approximate surface area is 164 Å². The lowest BCUT2D eigenvalue weighted by Crippen LogP contribution is -2.17. The fourth-order valence-electron chi connectivity index (χ4n) is 2.12. The average Bonchev–Trinajstić information content (AvgIpc) is 2.67. The molecule has 0 saturated heterocycles. The third kappa shape index (κ3) is 5.52. The van der Waals surface area contributed by atoms with Crippen molar-refractivity contribution >= 4 is 33.7 Å². The molecule has 0 aliphatic rings. The molecule has 0 aliphatic carbocycles. The van der Waals surface area contributed by atoms with E-state index < -0.39 is 10.8 Å². The van der Waals surface area contributed by atoms with Crippen molar-refractivity contribution in [2.24, 2.45) is 5.10 Å².